The summed E-state index contributed by atoms with van der Waals surface area (Å²) < 4.78 is 0. The van der Waals surface area contributed by atoms with Gasteiger partial charge in [0.05, 0.1) is 5.69 Å². The van der Waals surface area contributed by atoms with Crippen LogP contribution in [0.15, 0.2) is 41.3 Å². The molecule has 0 radical (unpaired) electrons. The van der Waals surface area contributed by atoms with Crippen molar-refractivity contribution >= 4 is 11.8 Å². The van der Waals surface area contributed by atoms with Crippen LogP contribution in [-0.2, 0) is 0 Å². The molecule has 0 amide bonds. The molecule has 0 saturated carbocycles. The molecule has 0 aliphatic carbocycles. The van der Waals surface area contributed by atoms with Gasteiger partial charge in [-0.05, 0) is 23.4 Å². The lowest BCUT2D eigenvalue weighted by atomic mass is 10.2. The van der Waals surface area contributed by atoms with Crippen molar-refractivity contribution in [1.82, 2.24) is 4.98 Å². The maximum absolute atomic E-state index is 8.82. The summed E-state index contributed by atoms with van der Waals surface area (Å²) in [6.07, 6.45) is 0. The molecule has 1 N–H and O–H groups in total. The summed E-state index contributed by atoms with van der Waals surface area (Å²) in [5.41, 5.74) is 2.27. The molecule has 1 aromatic heterocycles. The average molecular weight is 225 g/mol. The van der Waals surface area contributed by atoms with Crippen LogP contribution in [0.25, 0.3) is 11.3 Å². The van der Waals surface area contributed by atoms with Crippen molar-refractivity contribution in [2.24, 2.45) is 0 Å². The molecule has 1 aromatic carbocycles. The fourth-order valence-electron chi connectivity index (χ4n) is 1.44. The van der Waals surface area contributed by atoms with Crippen molar-refractivity contribution in [2.45, 2.75) is 4.90 Å². The molecule has 16 heavy (non-hydrogen) atoms. The topological polar surface area (TPSA) is 63.4 Å². The minimum absolute atomic E-state index is 0.469. The molecule has 3 nitrogen and oxygen atoms in total. The van der Waals surface area contributed by atoms with Crippen LogP contribution in [0.3, 0.4) is 0 Å². The first kappa shape index (κ1) is 10.4. The Kier molecular flexibility index (Phi) is 2.95. The van der Waals surface area contributed by atoms with Crippen LogP contribution in [0.5, 0.6) is 0 Å². The van der Waals surface area contributed by atoms with Crippen LogP contribution in [0.2, 0.25) is 0 Å². The number of H-pyrrole nitrogens is 1. The first-order valence-corrected chi connectivity index (χ1v) is 5.41. The first-order valence-electron chi connectivity index (χ1n) is 4.59. The van der Waals surface area contributed by atoms with E-state index in [2.05, 4.69) is 4.98 Å². The Labute approximate surface area is 97.3 Å². The lowest BCUT2D eigenvalue weighted by Gasteiger charge is -1.99. The van der Waals surface area contributed by atoms with Crippen molar-refractivity contribution in [3.8, 4) is 22.7 Å². The first-order chi connectivity index (χ1) is 7.85. The second-order valence-electron chi connectivity index (χ2n) is 3.09. The molecule has 2 rings (SSSR count). The van der Waals surface area contributed by atoms with Gasteiger partial charge in [-0.15, -0.1) is 0 Å². The SMILES string of the molecule is N#CSc1cc(C#N)[nH]c1-c1ccccc1. The highest BCUT2D eigenvalue weighted by Crippen LogP contribution is 2.31. The molecule has 0 fully saturated rings. The van der Waals surface area contributed by atoms with Gasteiger partial charge in [-0.3, -0.25) is 0 Å². The third-order valence-electron chi connectivity index (χ3n) is 2.12. The molecule has 0 spiro atoms. The second kappa shape index (κ2) is 4.57. The monoisotopic (exact) mass is 225 g/mol. The third-order valence-corrected chi connectivity index (χ3v) is 2.75. The van der Waals surface area contributed by atoms with Gasteiger partial charge in [0.1, 0.15) is 17.2 Å². The Balaban J connectivity index is 2.52. The Hall–Kier alpha value is -2.17. The number of hydrogen-bond acceptors (Lipinski definition) is 3. The molecule has 76 valence electrons. The summed E-state index contributed by atoms with van der Waals surface area (Å²) in [5, 5.41) is 19.5. The maximum Gasteiger partial charge on any atom is 0.138 e. The van der Waals surface area contributed by atoms with Crippen molar-refractivity contribution < 1.29 is 0 Å². The van der Waals surface area contributed by atoms with E-state index in [1.54, 1.807) is 6.07 Å². The van der Waals surface area contributed by atoms with Gasteiger partial charge in [0.15, 0.2) is 0 Å². The van der Waals surface area contributed by atoms with Crippen LogP contribution < -0.4 is 0 Å². The van der Waals surface area contributed by atoms with Gasteiger partial charge < -0.3 is 4.98 Å². The zero-order valence-electron chi connectivity index (χ0n) is 8.27. The Morgan fingerprint density at radius 2 is 1.88 bits per heavy atom. The number of rotatable bonds is 2. The highest BCUT2D eigenvalue weighted by Gasteiger charge is 2.10. The van der Waals surface area contributed by atoms with Gasteiger partial charge in [-0.2, -0.15) is 10.5 Å². The number of nitrogens with one attached hydrogen (secondary N) is 1. The van der Waals surface area contributed by atoms with E-state index in [1.807, 2.05) is 41.8 Å². The number of thioether (sulfide) groups is 1. The van der Waals surface area contributed by atoms with Gasteiger partial charge in [0, 0.05) is 4.90 Å². The van der Waals surface area contributed by atoms with Crippen molar-refractivity contribution in [2.75, 3.05) is 0 Å². The molecule has 4 heteroatoms. The molecule has 0 aliphatic heterocycles. The molecule has 0 saturated heterocycles. The van der Waals surface area contributed by atoms with Crippen LogP contribution in [0.1, 0.15) is 5.69 Å². The van der Waals surface area contributed by atoms with E-state index in [-0.39, 0.29) is 0 Å². The number of aromatic nitrogens is 1. The number of nitriles is 2. The van der Waals surface area contributed by atoms with E-state index in [4.69, 9.17) is 10.5 Å². The Morgan fingerprint density at radius 1 is 1.12 bits per heavy atom. The molecular formula is C12H7N3S. The zero-order valence-corrected chi connectivity index (χ0v) is 9.08. The maximum atomic E-state index is 8.82. The highest BCUT2D eigenvalue weighted by atomic mass is 32.2. The Morgan fingerprint density at radius 3 is 2.50 bits per heavy atom. The molecule has 0 bridgehead atoms. The summed E-state index contributed by atoms with van der Waals surface area (Å²) in [7, 11) is 0. The summed E-state index contributed by atoms with van der Waals surface area (Å²) >= 11 is 1.06. The fourth-order valence-corrected chi connectivity index (χ4v) is 1.99. The Bertz CT molecular complexity index is 573. The van der Waals surface area contributed by atoms with Crippen molar-refractivity contribution in [1.29, 1.82) is 10.5 Å². The van der Waals surface area contributed by atoms with E-state index in [1.165, 1.54) is 0 Å². The van der Waals surface area contributed by atoms with Crippen LogP contribution in [-0.4, -0.2) is 4.98 Å². The molecule has 0 aliphatic rings. The number of hydrogen-bond donors (Lipinski definition) is 1. The predicted octanol–water partition coefficient (Wildman–Crippen LogP) is 3.13. The van der Waals surface area contributed by atoms with Crippen LogP contribution in [0, 0.1) is 22.0 Å². The minimum atomic E-state index is 0.469. The molecule has 2 aromatic rings. The standard InChI is InChI=1S/C12H7N3S/c13-7-10-6-11(16-8-14)12(15-10)9-4-2-1-3-5-9/h1-6,15H. The van der Waals surface area contributed by atoms with Crippen molar-refractivity contribution in [3.05, 3.63) is 42.1 Å². The number of aromatic amines is 1. The number of benzene rings is 1. The van der Waals surface area contributed by atoms with E-state index in [0.29, 0.717) is 5.69 Å². The van der Waals surface area contributed by atoms with Gasteiger partial charge >= 0.3 is 0 Å². The summed E-state index contributed by atoms with van der Waals surface area (Å²) in [6.45, 7) is 0. The van der Waals surface area contributed by atoms with Crippen LogP contribution >= 0.6 is 11.8 Å². The summed E-state index contributed by atoms with van der Waals surface area (Å²) in [4.78, 5) is 3.78. The second-order valence-corrected chi connectivity index (χ2v) is 3.92. The highest BCUT2D eigenvalue weighted by molar-refractivity contribution is 8.03. The quantitative estimate of drug-likeness (QED) is 0.630. The van der Waals surface area contributed by atoms with Gasteiger partial charge in [0.25, 0.3) is 0 Å². The smallest absolute Gasteiger partial charge is 0.138 e. The van der Waals surface area contributed by atoms with Crippen LogP contribution in [0.4, 0.5) is 0 Å². The van der Waals surface area contributed by atoms with E-state index in [0.717, 1.165) is 27.9 Å². The number of thiocyanates is 1. The minimum Gasteiger partial charge on any atom is -0.345 e. The average Bonchev–Trinajstić information content (AvgIpc) is 2.74. The lowest BCUT2D eigenvalue weighted by Crippen LogP contribution is -1.79. The van der Waals surface area contributed by atoms with Gasteiger partial charge in [-0.1, -0.05) is 30.3 Å². The van der Waals surface area contributed by atoms with Gasteiger partial charge in [0.2, 0.25) is 0 Å². The predicted molar refractivity (Wildman–Crippen MR) is 62.4 cm³/mol. The summed E-state index contributed by atoms with van der Waals surface area (Å²) in [6, 6.07) is 13.4. The zero-order chi connectivity index (χ0) is 11.4. The number of nitrogens with zero attached hydrogens (tertiary/aromatic N) is 2. The molecule has 1 heterocycles. The summed E-state index contributed by atoms with van der Waals surface area (Å²) in [5.74, 6) is 0. The molecule has 0 unspecified atom stereocenters. The van der Waals surface area contributed by atoms with E-state index >= 15 is 0 Å². The fraction of sp³-hybridized carbons (Fsp3) is 0. The third kappa shape index (κ3) is 1.93. The molecule has 0 atom stereocenters. The van der Waals surface area contributed by atoms with Crippen molar-refractivity contribution in [3.63, 3.8) is 0 Å². The van der Waals surface area contributed by atoms with E-state index < -0.39 is 0 Å². The lowest BCUT2D eigenvalue weighted by molar-refractivity contribution is 1.32. The van der Waals surface area contributed by atoms with Gasteiger partial charge in [-0.25, -0.2) is 0 Å². The normalized spacial score (nSPS) is 9.38. The van der Waals surface area contributed by atoms with E-state index in [9.17, 15) is 0 Å². The molecular weight excluding hydrogens is 218 g/mol. The largest absolute Gasteiger partial charge is 0.345 e.